The maximum absolute atomic E-state index is 11.9. The van der Waals surface area contributed by atoms with E-state index in [-0.39, 0.29) is 36.9 Å². The predicted octanol–water partition coefficient (Wildman–Crippen LogP) is 1.27. The van der Waals surface area contributed by atoms with Gasteiger partial charge in [-0.1, -0.05) is 12.8 Å². The van der Waals surface area contributed by atoms with Crippen LogP contribution in [0.3, 0.4) is 0 Å². The molecule has 116 valence electrons. The highest BCUT2D eigenvalue weighted by molar-refractivity contribution is 7.89. The zero-order valence-electron chi connectivity index (χ0n) is 11.8. The lowest BCUT2D eigenvalue weighted by molar-refractivity contribution is 0.0911. The van der Waals surface area contributed by atoms with Gasteiger partial charge in [0.25, 0.3) is 0 Å². The smallest absolute Gasteiger partial charge is 0.214 e. The molecule has 0 bridgehead atoms. The molecule has 19 heavy (non-hydrogen) atoms. The van der Waals surface area contributed by atoms with Crippen molar-refractivity contribution in [2.24, 2.45) is 11.7 Å². The van der Waals surface area contributed by atoms with Crippen molar-refractivity contribution in [2.75, 3.05) is 18.9 Å². The number of nitrogens with two attached hydrogens (primary N) is 1. The van der Waals surface area contributed by atoms with Crippen LogP contribution in [0.25, 0.3) is 0 Å². The molecule has 0 aliphatic heterocycles. The number of ether oxygens (including phenoxy) is 1. The molecule has 1 aliphatic rings. The van der Waals surface area contributed by atoms with Crippen molar-refractivity contribution in [1.82, 2.24) is 4.72 Å². The van der Waals surface area contributed by atoms with Gasteiger partial charge >= 0.3 is 0 Å². The molecule has 0 radical (unpaired) electrons. The first-order chi connectivity index (χ1) is 8.44. The average molecular weight is 315 g/mol. The fraction of sp³-hybridized carbons (Fsp3) is 1.00. The van der Waals surface area contributed by atoms with Crippen LogP contribution in [0.15, 0.2) is 0 Å². The monoisotopic (exact) mass is 314 g/mol. The Morgan fingerprint density at radius 2 is 1.89 bits per heavy atom. The van der Waals surface area contributed by atoms with Crippen molar-refractivity contribution in [1.29, 1.82) is 0 Å². The maximum atomic E-state index is 11.9. The highest BCUT2D eigenvalue weighted by atomic mass is 35.5. The zero-order chi connectivity index (χ0) is 13.6. The fourth-order valence-electron chi connectivity index (χ4n) is 2.38. The van der Waals surface area contributed by atoms with Crippen LogP contribution in [0.2, 0.25) is 0 Å². The van der Waals surface area contributed by atoms with E-state index in [1.54, 1.807) is 0 Å². The van der Waals surface area contributed by atoms with Crippen molar-refractivity contribution in [3.8, 4) is 0 Å². The summed E-state index contributed by atoms with van der Waals surface area (Å²) in [5.41, 5.74) is 5.68. The van der Waals surface area contributed by atoms with Crippen molar-refractivity contribution in [3.63, 3.8) is 0 Å². The second-order valence-corrected chi connectivity index (χ2v) is 7.12. The molecule has 0 spiro atoms. The van der Waals surface area contributed by atoms with E-state index in [0.29, 0.717) is 12.5 Å². The molecule has 1 atom stereocenters. The first kappa shape index (κ1) is 19.1. The lowest BCUT2D eigenvalue weighted by Gasteiger charge is -2.23. The van der Waals surface area contributed by atoms with Crippen LogP contribution in [-0.4, -0.2) is 39.5 Å². The van der Waals surface area contributed by atoms with Crippen LogP contribution in [-0.2, 0) is 14.8 Å². The van der Waals surface area contributed by atoms with Gasteiger partial charge in [0, 0.05) is 12.6 Å². The molecule has 1 rings (SSSR count). The lowest BCUT2D eigenvalue weighted by Crippen LogP contribution is -2.45. The van der Waals surface area contributed by atoms with Crippen molar-refractivity contribution in [2.45, 2.75) is 51.7 Å². The first-order valence-corrected chi connectivity index (χ1v) is 8.41. The molecule has 0 aromatic heterocycles. The highest BCUT2D eigenvalue weighted by Crippen LogP contribution is 2.27. The Hall–Kier alpha value is 0.120. The van der Waals surface area contributed by atoms with Gasteiger partial charge in [-0.25, -0.2) is 13.1 Å². The summed E-state index contributed by atoms with van der Waals surface area (Å²) in [6.45, 7) is 4.38. The average Bonchev–Trinajstić information content (AvgIpc) is 2.78. The van der Waals surface area contributed by atoms with Crippen LogP contribution >= 0.6 is 12.4 Å². The third-order valence-corrected chi connectivity index (χ3v) is 4.72. The Morgan fingerprint density at radius 3 is 2.37 bits per heavy atom. The molecule has 0 heterocycles. The second kappa shape index (κ2) is 9.13. The summed E-state index contributed by atoms with van der Waals surface area (Å²) in [5.74, 6) is 0.407. The Kier molecular flexibility index (Phi) is 9.19. The maximum Gasteiger partial charge on any atom is 0.214 e. The molecule has 0 amide bonds. The van der Waals surface area contributed by atoms with Crippen molar-refractivity contribution >= 4 is 22.4 Å². The fourth-order valence-corrected chi connectivity index (χ4v) is 3.56. The first-order valence-electron chi connectivity index (χ1n) is 6.76. The third kappa shape index (κ3) is 7.46. The number of halogens is 1. The molecule has 0 aromatic carbocycles. The molecule has 0 saturated heterocycles. The zero-order valence-corrected chi connectivity index (χ0v) is 13.4. The van der Waals surface area contributed by atoms with Gasteiger partial charge in [-0.05, 0) is 32.6 Å². The third-order valence-electron chi connectivity index (χ3n) is 3.36. The second-order valence-electron chi connectivity index (χ2n) is 5.24. The Morgan fingerprint density at radius 1 is 1.32 bits per heavy atom. The van der Waals surface area contributed by atoms with Gasteiger partial charge in [0.05, 0.1) is 18.5 Å². The minimum atomic E-state index is -3.28. The molecule has 5 nitrogen and oxygen atoms in total. The normalized spacial score (nSPS) is 18.5. The van der Waals surface area contributed by atoms with Crippen LogP contribution < -0.4 is 10.5 Å². The molecular weight excluding hydrogens is 288 g/mol. The summed E-state index contributed by atoms with van der Waals surface area (Å²) in [6, 6.07) is -0.114. The van der Waals surface area contributed by atoms with Gasteiger partial charge in [-0.3, -0.25) is 0 Å². The SMILES string of the molecule is CC(C)OCCS(=O)(=O)NC(CN)C1CCCC1.Cl. The number of sulfonamides is 1. The molecule has 1 unspecified atom stereocenters. The molecule has 3 N–H and O–H groups in total. The highest BCUT2D eigenvalue weighted by Gasteiger charge is 2.27. The van der Waals surface area contributed by atoms with Crippen LogP contribution in [0.1, 0.15) is 39.5 Å². The largest absolute Gasteiger partial charge is 0.378 e. The van der Waals surface area contributed by atoms with Gasteiger partial charge < -0.3 is 10.5 Å². The van der Waals surface area contributed by atoms with E-state index < -0.39 is 10.0 Å². The van der Waals surface area contributed by atoms with E-state index in [1.807, 2.05) is 13.8 Å². The van der Waals surface area contributed by atoms with Crippen LogP contribution in [0.5, 0.6) is 0 Å². The van der Waals surface area contributed by atoms with Crippen LogP contribution in [0.4, 0.5) is 0 Å². The molecule has 1 saturated carbocycles. The number of rotatable bonds is 8. The molecule has 0 aromatic rings. The Balaban J connectivity index is 0.00000324. The predicted molar refractivity (Wildman–Crippen MR) is 80.1 cm³/mol. The minimum Gasteiger partial charge on any atom is -0.378 e. The van der Waals surface area contributed by atoms with Gasteiger partial charge in [-0.15, -0.1) is 12.4 Å². The Bertz CT molecular complexity index is 330. The topological polar surface area (TPSA) is 81.4 Å². The van der Waals surface area contributed by atoms with Gasteiger partial charge in [0.2, 0.25) is 10.0 Å². The van der Waals surface area contributed by atoms with E-state index >= 15 is 0 Å². The summed E-state index contributed by atoms with van der Waals surface area (Å²) < 4.78 is 31.8. The number of hydrogen-bond donors (Lipinski definition) is 2. The number of nitrogens with one attached hydrogen (secondary N) is 1. The van der Waals surface area contributed by atoms with Crippen LogP contribution in [0, 0.1) is 5.92 Å². The van der Waals surface area contributed by atoms with Crippen molar-refractivity contribution in [3.05, 3.63) is 0 Å². The van der Waals surface area contributed by atoms with E-state index in [1.165, 1.54) is 12.8 Å². The van der Waals surface area contributed by atoms with Gasteiger partial charge in [0.15, 0.2) is 0 Å². The molecular formula is C12H27ClN2O3S. The summed E-state index contributed by atoms with van der Waals surface area (Å²) in [6.07, 6.45) is 4.57. The summed E-state index contributed by atoms with van der Waals surface area (Å²) in [4.78, 5) is 0. The van der Waals surface area contributed by atoms with E-state index in [2.05, 4.69) is 4.72 Å². The standard InChI is InChI=1S/C12H26N2O3S.ClH/c1-10(2)17-7-8-18(15,16)14-12(9-13)11-5-3-4-6-11;/h10-12,14H,3-9,13H2,1-2H3;1H. The Labute approximate surface area is 123 Å². The quantitative estimate of drug-likeness (QED) is 0.707. The lowest BCUT2D eigenvalue weighted by atomic mass is 9.99. The van der Waals surface area contributed by atoms with Crippen molar-refractivity contribution < 1.29 is 13.2 Å². The van der Waals surface area contributed by atoms with Gasteiger partial charge in [-0.2, -0.15) is 0 Å². The molecule has 7 heteroatoms. The summed E-state index contributed by atoms with van der Waals surface area (Å²) in [5, 5.41) is 0. The van der Waals surface area contributed by atoms with Gasteiger partial charge in [0.1, 0.15) is 0 Å². The summed E-state index contributed by atoms with van der Waals surface area (Å²) in [7, 11) is -3.28. The molecule has 1 aliphatic carbocycles. The number of hydrogen-bond acceptors (Lipinski definition) is 4. The molecule has 1 fully saturated rings. The minimum absolute atomic E-state index is 0. The van der Waals surface area contributed by atoms with E-state index in [9.17, 15) is 8.42 Å². The van der Waals surface area contributed by atoms with E-state index in [4.69, 9.17) is 10.5 Å². The summed E-state index contributed by atoms with van der Waals surface area (Å²) >= 11 is 0. The van der Waals surface area contributed by atoms with E-state index in [0.717, 1.165) is 12.8 Å².